The molecule has 2 aromatic carbocycles. The fourth-order valence-electron chi connectivity index (χ4n) is 3.53. The number of rotatable bonds is 6. The van der Waals surface area contributed by atoms with E-state index in [0.29, 0.717) is 42.6 Å². The summed E-state index contributed by atoms with van der Waals surface area (Å²) in [4.78, 5) is 26.2. The molecule has 11 heteroatoms. The van der Waals surface area contributed by atoms with Gasteiger partial charge in [0.05, 0.1) is 34.5 Å². The third kappa shape index (κ3) is 5.72. The lowest BCUT2D eigenvalue weighted by atomic mass is 10.1. The molecule has 178 valence electrons. The monoisotopic (exact) mass is 539 g/mol. The first-order valence-electron chi connectivity index (χ1n) is 10.3. The Bertz CT molecular complexity index is 1210. The molecule has 1 fully saturated rings. The number of hydrogen-bond acceptors (Lipinski definition) is 5. The Kier molecular flexibility index (Phi) is 7.79. The fourth-order valence-corrected chi connectivity index (χ4v) is 5.12. The number of hydroxylamine groups is 3. The summed E-state index contributed by atoms with van der Waals surface area (Å²) in [6.45, 7) is 1.61. The zero-order valence-corrected chi connectivity index (χ0v) is 20.9. The maximum Gasteiger partial charge on any atom is 0.267 e. The number of nitrogens with one attached hydrogen (secondary N) is 2. The van der Waals surface area contributed by atoms with Gasteiger partial charge < -0.3 is 25.2 Å². The number of quaternary nitrogens is 1. The molecule has 0 unspecified atom stereocenters. The number of thiophene rings is 1. The van der Waals surface area contributed by atoms with Gasteiger partial charge in [0, 0.05) is 21.7 Å². The van der Waals surface area contributed by atoms with E-state index >= 15 is 0 Å². The molecule has 0 atom stereocenters. The summed E-state index contributed by atoms with van der Waals surface area (Å²) < 4.78 is 4.82. The summed E-state index contributed by atoms with van der Waals surface area (Å²) in [5, 5.41) is 21.0. The largest absolute Gasteiger partial charge is 0.632 e. The Labute approximate surface area is 215 Å². The van der Waals surface area contributed by atoms with Crippen LogP contribution in [0.15, 0.2) is 47.8 Å². The molecule has 3 aromatic rings. The van der Waals surface area contributed by atoms with E-state index in [0.717, 1.165) is 11.3 Å². The molecular weight excluding hydrogens is 521 g/mol. The Hall–Kier alpha value is -2.17. The number of amides is 2. The fraction of sp³-hybridized carbons (Fsp3) is 0.217. The maximum atomic E-state index is 13.0. The van der Waals surface area contributed by atoms with E-state index in [2.05, 4.69) is 10.6 Å². The topological polar surface area (TPSA) is 90.5 Å². The van der Waals surface area contributed by atoms with Gasteiger partial charge in [-0.3, -0.25) is 9.59 Å². The van der Waals surface area contributed by atoms with Crippen molar-refractivity contribution in [1.29, 1.82) is 0 Å². The molecule has 1 aliphatic heterocycles. The number of halogens is 3. The van der Waals surface area contributed by atoms with Gasteiger partial charge in [0.15, 0.2) is 0 Å². The van der Waals surface area contributed by atoms with Crippen LogP contribution in [0.25, 0.3) is 0 Å². The molecule has 2 amide bonds. The normalized spacial score (nSPS) is 15.1. The minimum absolute atomic E-state index is 0.159. The van der Waals surface area contributed by atoms with Crippen LogP contribution in [0, 0.1) is 5.21 Å². The minimum Gasteiger partial charge on any atom is -0.632 e. The van der Waals surface area contributed by atoms with Crippen molar-refractivity contribution in [3.05, 3.63) is 84.1 Å². The Morgan fingerprint density at radius 3 is 2.41 bits per heavy atom. The summed E-state index contributed by atoms with van der Waals surface area (Å²) in [6.07, 6.45) is 0. The lowest BCUT2D eigenvalue weighted by Crippen LogP contribution is -2.49. The van der Waals surface area contributed by atoms with Crippen molar-refractivity contribution in [3.63, 3.8) is 0 Å². The van der Waals surface area contributed by atoms with Gasteiger partial charge in [-0.1, -0.05) is 40.9 Å². The molecule has 2 heterocycles. The van der Waals surface area contributed by atoms with E-state index in [1.165, 1.54) is 0 Å². The molecule has 1 aromatic heterocycles. The molecule has 1 saturated heterocycles. The van der Waals surface area contributed by atoms with Gasteiger partial charge >= 0.3 is 0 Å². The van der Waals surface area contributed by atoms with Crippen molar-refractivity contribution in [2.45, 2.75) is 6.54 Å². The van der Waals surface area contributed by atoms with Gasteiger partial charge in [-0.15, -0.1) is 11.3 Å². The molecular formula is C23H20Cl3N3O4S. The first-order valence-corrected chi connectivity index (χ1v) is 12.3. The molecule has 0 aliphatic carbocycles. The summed E-state index contributed by atoms with van der Waals surface area (Å²) in [6, 6.07) is 11.4. The van der Waals surface area contributed by atoms with Crippen molar-refractivity contribution in [2.75, 3.05) is 36.9 Å². The lowest BCUT2D eigenvalue weighted by molar-refractivity contribution is -0.901. The van der Waals surface area contributed by atoms with Gasteiger partial charge in [0.2, 0.25) is 0 Å². The summed E-state index contributed by atoms with van der Waals surface area (Å²) in [5.74, 6) is -0.975. The minimum atomic E-state index is -0.519. The Morgan fingerprint density at radius 1 is 1.00 bits per heavy atom. The van der Waals surface area contributed by atoms with Crippen molar-refractivity contribution < 1.29 is 19.0 Å². The predicted octanol–water partition coefficient (Wildman–Crippen LogP) is 6.06. The maximum absolute atomic E-state index is 13.0. The Balaban J connectivity index is 1.53. The van der Waals surface area contributed by atoms with Gasteiger partial charge in [-0.25, -0.2) is 0 Å². The average Bonchev–Trinajstić information content (AvgIpc) is 3.16. The van der Waals surface area contributed by atoms with Crippen molar-refractivity contribution in [3.8, 4) is 0 Å². The van der Waals surface area contributed by atoms with E-state index in [1.54, 1.807) is 47.8 Å². The first-order chi connectivity index (χ1) is 16.3. The first kappa shape index (κ1) is 24.9. The molecule has 0 saturated carbocycles. The predicted molar refractivity (Wildman–Crippen MR) is 136 cm³/mol. The zero-order valence-electron chi connectivity index (χ0n) is 17.8. The van der Waals surface area contributed by atoms with Gasteiger partial charge in [0.1, 0.15) is 24.5 Å². The summed E-state index contributed by atoms with van der Waals surface area (Å²) in [7, 11) is 0. The third-order valence-corrected chi connectivity index (χ3v) is 7.49. The number of hydrogen-bond donors (Lipinski definition) is 2. The number of morpholine rings is 1. The highest BCUT2D eigenvalue weighted by atomic mass is 35.5. The van der Waals surface area contributed by atoms with Crippen LogP contribution in [0.1, 0.15) is 25.6 Å². The number of carbonyl (C=O) groups is 2. The van der Waals surface area contributed by atoms with Crippen LogP contribution < -0.4 is 10.6 Å². The lowest BCUT2D eigenvalue weighted by Gasteiger charge is -2.45. The molecule has 4 rings (SSSR count). The van der Waals surface area contributed by atoms with Crippen LogP contribution in [-0.4, -0.2) is 42.8 Å². The van der Waals surface area contributed by atoms with Crippen LogP contribution in [-0.2, 0) is 11.3 Å². The molecule has 1 aliphatic rings. The quantitative estimate of drug-likeness (QED) is 0.294. The van der Waals surface area contributed by atoms with Gasteiger partial charge in [0.25, 0.3) is 11.8 Å². The SMILES string of the molecule is O=C(Nc1ccc(Cl)cc1)c1cccc(Cl)c1NC(=O)c1scc(C[N+]2([O-])CCOCC2)c1Cl. The van der Waals surface area contributed by atoms with Crippen molar-refractivity contribution in [2.24, 2.45) is 0 Å². The van der Waals surface area contributed by atoms with Gasteiger partial charge in [-0.2, -0.15) is 0 Å². The molecule has 34 heavy (non-hydrogen) atoms. The van der Waals surface area contributed by atoms with Crippen LogP contribution in [0.3, 0.4) is 0 Å². The highest BCUT2D eigenvalue weighted by Gasteiger charge is 2.26. The van der Waals surface area contributed by atoms with E-state index in [9.17, 15) is 14.8 Å². The number of carbonyl (C=O) groups excluding carboxylic acids is 2. The van der Waals surface area contributed by atoms with Crippen molar-refractivity contribution >= 4 is 69.3 Å². The second-order valence-electron chi connectivity index (χ2n) is 7.76. The standard InChI is InChI=1S/C23H20Cl3N3O4S/c24-15-4-6-16(7-5-15)27-22(30)17-2-1-3-18(25)20(17)28-23(31)21-19(26)14(13-34-21)12-29(32)8-10-33-11-9-29/h1-7,13H,8-12H2,(H,27,30)(H,28,31). The molecule has 0 spiro atoms. The van der Waals surface area contributed by atoms with Crippen LogP contribution in [0.2, 0.25) is 15.1 Å². The van der Waals surface area contributed by atoms with Crippen molar-refractivity contribution in [1.82, 2.24) is 0 Å². The number of ether oxygens (including phenoxy) is 1. The second-order valence-corrected chi connectivity index (χ2v) is 9.86. The number of nitrogens with zero attached hydrogens (tertiary/aromatic N) is 1. The Morgan fingerprint density at radius 2 is 1.71 bits per heavy atom. The smallest absolute Gasteiger partial charge is 0.267 e. The van der Waals surface area contributed by atoms with Crippen LogP contribution >= 0.6 is 46.1 Å². The zero-order chi connectivity index (χ0) is 24.3. The van der Waals surface area contributed by atoms with E-state index in [-0.39, 0.29) is 32.7 Å². The van der Waals surface area contributed by atoms with E-state index < -0.39 is 16.5 Å². The van der Waals surface area contributed by atoms with E-state index in [1.807, 2.05) is 0 Å². The average molecular weight is 541 g/mol. The third-order valence-electron chi connectivity index (χ3n) is 5.35. The van der Waals surface area contributed by atoms with E-state index in [4.69, 9.17) is 39.5 Å². The molecule has 0 bridgehead atoms. The summed E-state index contributed by atoms with van der Waals surface area (Å²) >= 11 is 19.8. The van der Waals surface area contributed by atoms with Crippen LogP contribution in [0.4, 0.5) is 11.4 Å². The number of benzene rings is 2. The molecule has 2 N–H and O–H groups in total. The van der Waals surface area contributed by atoms with Crippen LogP contribution in [0.5, 0.6) is 0 Å². The highest BCUT2D eigenvalue weighted by Crippen LogP contribution is 2.33. The highest BCUT2D eigenvalue weighted by molar-refractivity contribution is 7.13. The number of para-hydroxylation sites is 1. The summed E-state index contributed by atoms with van der Waals surface area (Å²) in [5.41, 5.74) is 1.48. The number of anilines is 2. The molecule has 0 radical (unpaired) electrons. The van der Waals surface area contributed by atoms with Gasteiger partial charge in [-0.05, 0) is 36.4 Å². The molecule has 7 nitrogen and oxygen atoms in total. The second kappa shape index (κ2) is 10.6.